The monoisotopic (exact) mass is 298 g/mol. The lowest BCUT2D eigenvalue weighted by molar-refractivity contribution is 0.0526. The molecular weight excluding hydrogens is 284 g/mol. The van der Waals surface area contributed by atoms with Crippen LogP contribution in [-0.2, 0) is 4.74 Å². The molecule has 4 nitrogen and oxygen atoms in total. The second-order valence-electron chi connectivity index (χ2n) is 4.29. The number of esters is 1. The fraction of sp³-hybridized carbons (Fsp3) is 0.385. The van der Waals surface area contributed by atoms with Gasteiger partial charge < -0.3 is 15.4 Å². The lowest BCUT2D eigenvalue weighted by atomic mass is 10.2. The molecule has 0 spiro atoms. The number of nitrogens with one attached hydrogen (secondary N) is 2. The van der Waals surface area contributed by atoms with E-state index in [9.17, 15) is 4.79 Å². The lowest BCUT2D eigenvalue weighted by Crippen LogP contribution is -2.30. The predicted molar refractivity (Wildman–Crippen MR) is 79.8 cm³/mol. The molecular formula is C13H15ClN2O2S. The Morgan fingerprint density at radius 3 is 2.89 bits per heavy atom. The van der Waals surface area contributed by atoms with Crippen LogP contribution in [0.15, 0.2) is 18.2 Å². The highest BCUT2D eigenvalue weighted by Gasteiger charge is 2.22. The maximum atomic E-state index is 11.7. The van der Waals surface area contributed by atoms with Crippen molar-refractivity contribution in [3.05, 3.63) is 28.8 Å². The standard InChI is InChI=1S/C13H15ClN2O2S/c1-2-18-12(17)10-7-9(5-6-11(10)14)16-13(19)15-8-3-4-8/h5-8H,2-4H2,1H3,(H2,15,16,19). The molecule has 0 atom stereocenters. The van der Waals surface area contributed by atoms with Gasteiger partial charge in [-0.15, -0.1) is 0 Å². The summed E-state index contributed by atoms with van der Waals surface area (Å²) in [5, 5.41) is 7.11. The summed E-state index contributed by atoms with van der Waals surface area (Å²) >= 11 is 11.2. The molecule has 1 aliphatic carbocycles. The Hall–Kier alpha value is -1.33. The number of anilines is 1. The van der Waals surface area contributed by atoms with E-state index >= 15 is 0 Å². The largest absolute Gasteiger partial charge is 0.462 e. The molecule has 6 heteroatoms. The average Bonchev–Trinajstić information content (AvgIpc) is 3.15. The Bertz CT molecular complexity index is 503. The Morgan fingerprint density at radius 2 is 2.26 bits per heavy atom. The molecule has 0 bridgehead atoms. The summed E-state index contributed by atoms with van der Waals surface area (Å²) < 4.78 is 4.94. The van der Waals surface area contributed by atoms with E-state index in [2.05, 4.69) is 10.6 Å². The van der Waals surface area contributed by atoms with Gasteiger partial charge >= 0.3 is 5.97 Å². The normalized spacial score (nSPS) is 13.8. The first-order valence-corrected chi connectivity index (χ1v) is 6.93. The highest BCUT2D eigenvalue weighted by molar-refractivity contribution is 7.80. The van der Waals surface area contributed by atoms with Crippen molar-refractivity contribution >= 4 is 40.6 Å². The predicted octanol–water partition coefficient (Wildman–Crippen LogP) is 2.97. The number of carbonyl (C=O) groups excluding carboxylic acids is 1. The molecule has 0 aliphatic heterocycles. The molecule has 0 unspecified atom stereocenters. The van der Waals surface area contributed by atoms with Crippen molar-refractivity contribution < 1.29 is 9.53 Å². The van der Waals surface area contributed by atoms with Crippen molar-refractivity contribution in [1.29, 1.82) is 0 Å². The summed E-state index contributed by atoms with van der Waals surface area (Å²) in [6.07, 6.45) is 2.30. The number of halogens is 1. The van der Waals surface area contributed by atoms with Crippen LogP contribution in [0.5, 0.6) is 0 Å². The van der Waals surface area contributed by atoms with E-state index in [4.69, 9.17) is 28.6 Å². The molecule has 1 saturated carbocycles. The van der Waals surface area contributed by atoms with Crippen LogP contribution in [0.1, 0.15) is 30.1 Å². The van der Waals surface area contributed by atoms with E-state index in [1.54, 1.807) is 25.1 Å². The van der Waals surface area contributed by atoms with Crippen LogP contribution < -0.4 is 10.6 Å². The van der Waals surface area contributed by atoms with Crippen LogP contribution in [0.2, 0.25) is 5.02 Å². The molecule has 1 aliphatic rings. The van der Waals surface area contributed by atoms with Gasteiger partial charge in [0.1, 0.15) is 0 Å². The molecule has 19 heavy (non-hydrogen) atoms. The van der Waals surface area contributed by atoms with Crippen molar-refractivity contribution in [2.75, 3.05) is 11.9 Å². The minimum absolute atomic E-state index is 0.314. The third-order valence-corrected chi connectivity index (χ3v) is 3.18. The van der Waals surface area contributed by atoms with Gasteiger partial charge in [0.25, 0.3) is 0 Å². The minimum Gasteiger partial charge on any atom is -0.462 e. The van der Waals surface area contributed by atoms with E-state index in [1.807, 2.05) is 0 Å². The quantitative estimate of drug-likeness (QED) is 0.661. The zero-order valence-electron chi connectivity index (χ0n) is 10.5. The van der Waals surface area contributed by atoms with Crippen molar-refractivity contribution in [1.82, 2.24) is 5.32 Å². The number of rotatable bonds is 4. The topological polar surface area (TPSA) is 50.4 Å². The molecule has 0 radical (unpaired) electrons. The summed E-state index contributed by atoms with van der Waals surface area (Å²) in [5.74, 6) is -0.433. The number of hydrogen-bond acceptors (Lipinski definition) is 3. The van der Waals surface area contributed by atoms with E-state index in [1.165, 1.54) is 0 Å². The summed E-state index contributed by atoms with van der Waals surface area (Å²) in [5.41, 5.74) is 1.05. The van der Waals surface area contributed by atoms with Gasteiger partial charge in [-0.05, 0) is 50.2 Å². The lowest BCUT2D eigenvalue weighted by Gasteiger charge is -2.11. The SMILES string of the molecule is CCOC(=O)c1cc(NC(=S)NC2CC2)ccc1Cl. The van der Waals surface area contributed by atoms with Crippen LogP contribution in [-0.4, -0.2) is 23.7 Å². The third-order valence-electron chi connectivity index (χ3n) is 2.63. The Labute approximate surface area is 122 Å². The molecule has 0 aromatic heterocycles. The number of carbonyl (C=O) groups is 1. The molecule has 1 aromatic carbocycles. The van der Waals surface area contributed by atoms with Crippen molar-refractivity contribution in [2.45, 2.75) is 25.8 Å². The van der Waals surface area contributed by atoms with Gasteiger partial charge in [-0.1, -0.05) is 11.6 Å². The van der Waals surface area contributed by atoms with Gasteiger partial charge in [-0.25, -0.2) is 4.79 Å². The second kappa shape index (κ2) is 6.21. The number of thiocarbonyl (C=S) groups is 1. The molecule has 0 amide bonds. The summed E-state index contributed by atoms with van der Waals surface area (Å²) in [4.78, 5) is 11.7. The molecule has 1 aromatic rings. The van der Waals surface area contributed by atoms with E-state index in [0.29, 0.717) is 34.0 Å². The maximum absolute atomic E-state index is 11.7. The molecule has 2 rings (SSSR count). The highest BCUT2D eigenvalue weighted by atomic mass is 35.5. The van der Waals surface area contributed by atoms with E-state index in [0.717, 1.165) is 12.8 Å². The Kier molecular flexibility index (Phi) is 4.61. The molecule has 1 fully saturated rings. The molecule has 102 valence electrons. The first-order chi connectivity index (χ1) is 9.10. The van der Waals surface area contributed by atoms with Gasteiger partial charge in [0.15, 0.2) is 5.11 Å². The fourth-order valence-electron chi connectivity index (χ4n) is 1.55. The zero-order chi connectivity index (χ0) is 13.8. The maximum Gasteiger partial charge on any atom is 0.339 e. The molecule has 0 saturated heterocycles. The van der Waals surface area contributed by atoms with E-state index < -0.39 is 5.97 Å². The van der Waals surface area contributed by atoms with Crippen LogP contribution in [0, 0.1) is 0 Å². The summed E-state index contributed by atoms with van der Waals surface area (Å²) in [6, 6.07) is 5.54. The van der Waals surface area contributed by atoms with Crippen molar-refractivity contribution in [3.8, 4) is 0 Å². The number of ether oxygens (including phenoxy) is 1. The van der Waals surface area contributed by atoms with Gasteiger partial charge in [-0.2, -0.15) is 0 Å². The smallest absolute Gasteiger partial charge is 0.339 e. The first kappa shape index (κ1) is 14.1. The van der Waals surface area contributed by atoms with Crippen molar-refractivity contribution in [2.24, 2.45) is 0 Å². The van der Waals surface area contributed by atoms with Gasteiger partial charge in [0.2, 0.25) is 0 Å². The Balaban J connectivity index is 2.06. The summed E-state index contributed by atoms with van der Waals surface area (Å²) in [6.45, 7) is 2.07. The third kappa shape index (κ3) is 4.08. The average molecular weight is 299 g/mol. The number of hydrogen-bond donors (Lipinski definition) is 2. The highest BCUT2D eigenvalue weighted by Crippen LogP contribution is 2.22. The van der Waals surface area contributed by atoms with Gasteiger partial charge in [-0.3, -0.25) is 0 Å². The Morgan fingerprint density at radius 1 is 1.53 bits per heavy atom. The van der Waals surface area contributed by atoms with Crippen LogP contribution in [0.3, 0.4) is 0 Å². The van der Waals surface area contributed by atoms with Crippen LogP contribution in [0.4, 0.5) is 5.69 Å². The van der Waals surface area contributed by atoms with Gasteiger partial charge in [0.05, 0.1) is 17.2 Å². The number of benzene rings is 1. The van der Waals surface area contributed by atoms with Crippen LogP contribution in [0.25, 0.3) is 0 Å². The molecule has 2 N–H and O–H groups in total. The van der Waals surface area contributed by atoms with E-state index in [-0.39, 0.29) is 0 Å². The van der Waals surface area contributed by atoms with Crippen LogP contribution >= 0.6 is 23.8 Å². The minimum atomic E-state index is -0.433. The zero-order valence-corrected chi connectivity index (χ0v) is 12.1. The second-order valence-corrected chi connectivity index (χ2v) is 5.10. The first-order valence-electron chi connectivity index (χ1n) is 6.14. The molecule has 0 heterocycles. The fourth-order valence-corrected chi connectivity index (χ4v) is 2.03. The van der Waals surface area contributed by atoms with Gasteiger partial charge in [0, 0.05) is 11.7 Å². The van der Waals surface area contributed by atoms with Crippen molar-refractivity contribution in [3.63, 3.8) is 0 Å². The summed E-state index contributed by atoms with van der Waals surface area (Å²) in [7, 11) is 0.